The van der Waals surface area contributed by atoms with E-state index >= 15 is 0 Å². The van der Waals surface area contributed by atoms with E-state index in [1.165, 1.54) is 12.1 Å². The number of phosphoric ester groups is 1. The zero-order chi connectivity index (χ0) is 28.5. The number of ether oxygens (including phenoxy) is 1. The Kier molecular flexibility index (Phi) is 10.6. The largest absolute Gasteiger partial charge is 0.476 e. The molecule has 3 aromatic rings. The molecular formula is C28H34NO8PS. The van der Waals surface area contributed by atoms with Crippen LogP contribution in [0.5, 0.6) is 0 Å². The second-order valence-electron chi connectivity index (χ2n) is 8.47. The van der Waals surface area contributed by atoms with Gasteiger partial charge in [0.1, 0.15) is 0 Å². The Hall–Kier alpha value is -2.85. The summed E-state index contributed by atoms with van der Waals surface area (Å²) in [6.45, 7) is 6.45. The molecule has 0 fully saturated rings. The van der Waals surface area contributed by atoms with Crippen LogP contribution in [0.25, 0.3) is 0 Å². The summed E-state index contributed by atoms with van der Waals surface area (Å²) in [7, 11) is -8.69. The highest BCUT2D eigenvalue weighted by atomic mass is 32.2. The van der Waals surface area contributed by atoms with E-state index in [0.29, 0.717) is 5.56 Å². The molecule has 3 rings (SSSR count). The Morgan fingerprint density at radius 2 is 1.38 bits per heavy atom. The summed E-state index contributed by atoms with van der Waals surface area (Å²) >= 11 is 0. The first-order valence-electron chi connectivity index (χ1n) is 12.6. The Morgan fingerprint density at radius 3 is 1.90 bits per heavy atom. The summed E-state index contributed by atoms with van der Waals surface area (Å²) in [4.78, 5) is 14.0. The van der Waals surface area contributed by atoms with Crippen LogP contribution in [-0.2, 0) is 43.3 Å². The number of hydrogen-bond acceptors (Lipinski definition) is 8. The Labute approximate surface area is 230 Å². The lowest BCUT2D eigenvalue weighted by molar-refractivity contribution is -0.168. The molecule has 0 aliphatic heterocycles. The maximum absolute atomic E-state index is 14.0. The molecule has 0 aliphatic rings. The number of carbonyl (C=O) groups excluding carboxylic acids is 1. The van der Waals surface area contributed by atoms with Gasteiger partial charge in [0.15, 0.2) is 0 Å². The van der Waals surface area contributed by atoms with Crippen LogP contribution in [0, 0.1) is 6.92 Å². The van der Waals surface area contributed by atoms with Gasteiger partial charge in [-0.3, -0.25) is 13.6 Å². The van der Waals surface area contributed by atoms with Gasteiger partial charge in [0.2, 0.25) is 15.6 Å². The van der Waals surface area contributed by atoms with E-state index in [0.717, 1.165) is 5.56 Å². The van der Waals surface area contributed by atoms with Crippen LogP contribution in [-0.4, -0.2) is 34.2 Å². The lowest BCUT2D eigenvalue weighted by Gasteiger charge is -2.40. The van der Waals surface area contributed by atoms with Crippen molar-refractivity contribution >= 4 is 23.8 Å². The second-order valence-corrected chi connectivity index (χ2v) is 11.8. The number of rotatable bonds is 14. The van der Waals surface area contributed by atoms with Crippen LogP contribution in [0.2, 0.25) is 0 Å². The van der Waals surface area contributed by atoms with Gasteiger partial charge in [0, 0.05) is 0 Å². The van der Waals surface area contributed by atoms with E-state index < -0.39 is 35.5 Å². The molecule has 9 nitrogen and oxygen atoms in total. The smallest absolute Gasteiger partial charge is 0.464 e. The van der Waals surface area contributed by atoms with Gasteiger partial charge in [0.05, 0.1) is 30.8 Å². The van der Waals surface area contributed by atoms with E-state index in [-0.39, 0.29) is 30.3 Å². The molecule has 0 radical (unpaired) electrons. The third-order valence-corrected chi connectivity index (χ3v) is 8.85. The van der Waals surface area contributed by atoms with Crippen LogP contribution in [0.3, 0.4) is 0 Å². The van der Waals surface area contributed by atoms with Gasteiger partial charge in [-0.2, -0.15) is 4.72 Å². The zero-order valence-corrected chi connectivity index (χ0v) is 24.1. The molecule has 0 heterocycles. The van der Waals surface area contributed by atoms with E-state index in [2.05, 4.69) is 4.72 Å². The van der Waals surface area contributed by atoms with Gasteiger partial charge in [-0.1, -0.05) is 78.4 Å². The van der Waals surface area contributed by atoms with Gasteiger partial charge < -0.3 is 4.74 Å². The molecule has 39 heavy (non-hydrogen) atoms. The molecule has 2 unspecified atom stereocenters. The van der Waals surface area contributed by atoms with Crippen LogP contribution in [0.15, 0.2) is 89.8 Å². The zero-order valence-electron chi connectivity index (χ0n) is 22.4. The molecule has 210 valence electrons. The van der Waals surface area contributed by atoms with E-state index in [1.807, 2.05) is 6.92 Å². The fourth-order valence-corrected chi connectivity index (χ4v) is 6.72. The topological polar surface area (TPSA) is 117 Å². The summed E-state index contributed by atoms with van der Waals surface area (Å²) in [6, 6.07) is 21.3. The van der Waals surface area contributed by atoms with Crippen LogP contribution < -0.4 is 4.72 Å². The highest BCUT2D eigenvalue weighted by Gasteiger charge is 2.57. The molecule has 3 aromatic carbocycles. The average Bonchev–Trinajstić information content (AvgIpc) is 2.92. The SMILES string of the molecule is CCOC(=O)C(OP(=O)(OCC)OCC)(c1ccccc1)C(NS(=O)(=O)c1ccc(C)cc1)c1ccccc1. The van der Waals surface area contributed by atoms with E-state index in [9.17, 15) is 17.8 Å². The highest BCUT2D eigenvalue weighted by Crippen LogP contribution is 2.58. The standard InChI is InChI=1S/C28H34NO8PS/c1-5-34-27(30)28(24-16-12-9-13-17-24,37-38(31,35-6-2)36-7-3)26(23-14-10-8-11-15-23)29-39(32,33)25-20-18-22(4)19-21-25/h8-21,26,29H,5-7H2,1-4H3. The van der Waals surface area contributed by atoms with Crippen molar-refractivity contribution in [2.24, 2.45) is 0 Å². The van der Waals surface area contributed by atoms with Crippen molar-refractivity contribution in [2.75, 3.05) is 19.8 Å². The molecule has 0 bridgehead atoms. The number of carbonyl (C=O) groups is 1. The summed E-state index contributed by atoms with van der Waals surface area (Å²) in [5.41, 5.74) is -0.916. The molecule has 2 atom stereocenters. The van der Waals surface area contributed by atoms with Crippen molar-refractivity contribution in [2.45, 2.75) is 44.2 Å². The van der Waals surface area contributed by atoms with Crippen molar-refractivity contribution in [3.63, 3.8) is 0 Å². The molecule has 1 N–H and O–H groups in total. The second kappa shape index (κ2) is 13.5. The highest BCUT2D eigenvalue weighted by molar-refractivity contribution is 7.89. The fraction of sp³-hybridized carbons (Fsp3) is 0.321. The summed E-state index contributed by atoms with van der Waals surface area (Å²) in [5, 5.41) is 0. The quantitative estimate of drug-likeness (QED) is 0.193. The Bertz CT molecular complexity index is 1360. The van der Waals surface area contributed by atoms with Gasteiger partial charge in [0.25, 0.3) is 0 Å². The first-order chi connectivity index (χ1) is 18.6. The fourth-order valence-electron chi connectivity index (χ4n) is 4.02. The van der Waals surface area contributed by atoms with Gasteiger partial charge >= 0.3 is 13.8 Å². The predicted octanol–water partition coefficient (Wildman–Crippen LogP) is 5.67. The molecule has 0 saturated heterocycles. The molecule has 0 saturated carbocycles. The molecule has 0 amide bonds. The van der Waals surface area contributed by atoms with Crippen molar-refractivity contribution < 1.29 is 36.1 Å². The number of esters is 1. The lowest BCUT2D eigenvalue weighted by atomic mass is 9.83. The minimum absolute atomic E-state index is 0.0300. The van der Waals surface area contributed by atoms with Crippen LogP contribution in [0.1, 0.15) is 43.5 Å². The first-order valence-corrected chi connectivity index (χ1v) is 15.5. The number of benzene rings is 3. The normalized spacial score (nSPS) is 14.4. The predicted molar refractivity (Wildman–Crippen MR) is 147 cm³/mol. The van der Waals surface area contributed by atoms with E-state index in [1.54, 1.807) is 93.6 Å². The third-order valence-electron chi connectivity index (χ3n) is 5.76. The number of hydrogen-bond donors (Lipinski definition) is 1. The number of sulfonamides is 1. The van der Waals surface area contributed by atoms with Gasteiger partial charge in [-0.05, 0) is 51.0 Å². The van der Waals surface area contributed by atoms with Gasteiger partial charge in [-0.15, -0.1) is 0 Å². The number of nitrogens with one attached hydrogen (secondary N) is 1. The first kappa shape index (κ1) is 30.7. The summed E-state index contributed by atoms with van der Waals surface area (Å²) in [5.74, 6) is -0.976. The molecular weight excluding hydrogens is 541 g/mol. The molecule has 11 heteroatoms. The molecule has 0 aromatic heterocycles. The third kappa shape index (κ3) is 7.22. The van der Waals surface area contributed by atoms with Crippen molar-refractivity contribution in [3.8, 4) is 0 Å². The van der Waals surface area contributed by atoms with Gasteiger partial charge in [-0.25, -0.2) is 17.8 Å². The van der Waals surface area contributed by atoms with Crippen molar-refractivity contribution in [3.05, 3.63) is 102 Å². The summed E-state index contributed by atoms with van der Waals surface area (Å²) in [6.07, 6.45) is 0. The minimum Gasteiger partial charge on any atom is -0.464 e. The minimum atomic E-state index is -4.44. The van der Waals surface area contributed by atoms with E-state index in [4.69, 9.17) is 18.3 Å². The number of aryl methyl sites for hydroxylation is 1. The molecule has 0 aliphatic carbocycles. The summed E-state index contributed by atoms with van der Waals surface area (Å²) < 4.78 is 66.5. The van der Waals surface area contributed by atoms with Crippen molar-refractivity contribution in [1.29, 1.82) is 0 Å². The average molecular weight is 576 g/mol. The molecule has 0 spiro atoms. The monoisotopic (exact) mass is 575 g/mol. The lowest BCUT2D eigenvalue weighted by Crippen LogP contribution is -2.51. The van der Waals surface area contributed by atoms with Crippen molar-refractivity contribution in [1.82, 2.24) is 4.72 Å². The maximum atomic E-state index is 14.0. The van der Waals surface area contributed by atoms with Crippen LogP contribution in [0.4, 0.5) is 0 Å². The van der Waals surface area contributed by atoms with Crippen LogP contribution >= 0.6 is 7.82 Å². The maximum Gasteiger partial charge on any atom is 0.476 e. The number of phosphoric acid groups is 1. The Morgan fingerprint density at radius 1 is 0.846 bits per heavy atom. The Balaban J connectivity index is 2.36.